The Morgan fingerprint density at radius 2 is 2.00 bits per heavy atom. The molecule has 1 N–H and O–H groups in total. The average Bonchev–Trinajstić information content (AvgIpc) is 2.78. The van der Waals surface area contributed by atoms with Crippen molar-refractivity contribution in [3.8, 4) is 0 Å². The minimum atomic E-state index is -3.90. The van der Waals surface area contributed by atoms with E-state index in [0.29, 0.717) is 11.3 Å². The maximum atomic E-state index is 12.0. The first kappa shape index (κ1) is 15.8. The van der Waals surface area contributed by atoms with Gasteiger partial charge in [0, 0.05) is 10.7 Å². The molecule has 1 aromatic carbocycles. The first-order valence-corrected chi connectivity index (χ1v) is 8.35. The second kappa shape index (κ2) is 5.67. The topological polar surface area (TPSA) is 89.3 Å². The molecule has 1 heterocycles. The number of anilines is 1. The van der Waals surface area contributed by atoms with E-state index in [4.69, 9.17) is 26.7 Å². The molecule has 0 atom stereocenters. The number of amides is 1. The number of rotatable bonds is 3. The second-order valence-corrected chi connectivity index (χ2v) is 7.23. The minimum Gasteiger partial charge on any atom is -0.438 e. The normalized spacial score (nSPS) is 11.4. The van der Waals surface area contributed by atoms with E-state index < -0.39 is 15.0 Å². The number of hydrogen-bond donors (Lipinski definition) is 1. The summed E-state index contributed by atoms with van der Waals surface area (Å²) >= 11 is 6.00. The zero-order valence-electron chi connectivity index (χ0n) is 11.0. The molecule has 0 unspecified atom stereocenters. The molecule has 0 aliphatic carbocycles. The summed E-state index contributed by atoms with van der Waals surface area (Å²) in [6, 6.07) is 2.48. The van der Waals surface area contributed by atoms with Crippen molar-refractivity contribution in [2.24, 2.45) is 0 Å². The van der Waals surface area contributed by atoms with Crippen LogP contribution in [0.2, 0.25) is 5.02 Å². The van der Waals surface area contributed by atoms with Crippen LogP contribution in [0.1, 0.15) is 21.8 Å². The van der Waals surface area contributed by atoms with E-state index >= 15 is 0 Å². The maximum absolute atomic E-state index is 12.0. The second-order valence-electron chi connectivity index (χ2n) is 4.26. The molecule has 0 spiro atoms. The maximum Gasteiger partial charge on any atom is 0.293 e. The molecule has 0 saturated heterocycles. The van der Waals surface area contributed by atoms with Crippen molar-refractivity contribution in [2.45, 2.75) is 18.7 Å². The van der Waals surface area contributed by atoms with Crippen molar-refractivity contribution in [1.29, 1.82) is 0 Å². The SMILES string of the molecule is Cc1cc(S(=O)(=O)Cl)cc(Cl)c1NC(=O)c1ocnc1C. The van der Waals surface area contributed by atoms with Crippen molar-refractivity contribution in [3.63, 3.8) is 0 Å². The van der Waals surface area contributed by atoms with Crippen LogP contribution in [0, 0.1) is 13.8 Å². The van der Waals surface area contributed by atoms with Crippen LogP contribution in [0.5, 0.6) is 0 Å². The lowest BCUT2D eigenvalue weighted by molar-refractivity contribution is 0.0995. The van der Waals surface area contributed by atoms with Gasteiger partial charge in [0.15, 0.2) is 6.39 Å². The van der Waals surface area contributed by atoms with Crippen molar-refractivity contribution in [1.82, 2.24) is 4.98 Å². The Bertz CT molecular complexity index is 791. The van der Waals surface area contributed by atoms with Gasteiger partial charge in [-0.25, -0.2) is 13.4 Å². The number of carbonyl (C=O) groups is 1. The Morgan fingerprint density at radius 1 is 1.33 bits per heavy atom. The highest BCUT2D eigenvalue weighted by atomic mass is 35.7. The standard InChI is InChI=1S/C12H10Cl2N2O4S/c1-6-3-8(21(14,18)19)4-9(13)10(6)16-12(17)11-7(2)15-5-20-11/h3-5H,1-2H3,(H,16,17). The van der Waals surface area contributed by atoms with E-state index in [1.165, 1.54) is 12.1 Å². The Hall–Kier alpha value is -1.57. The van der Waals surface area contributed by atoms with Crippen molar-refractivity contribution >= 4 is 42.9 Å². The number of carbonyl (C=O) groups excluding carboxylic acids is 1. The van der Waals surface area contributed by atoms with Crippen LogP contribution in [0.25, 0.3) is 0 Å². The molecule has 2 aromatic rings. The third-order valence-corrected chi connectivity index (χ3v) is 4.36. The molecular weight excluding hydrogens is 339 g/mol. The van der Waals surface area contributed by atoms with E-state index in [1.54, 1.807) is 13.8 Å². The van der Waals surface area contributed by atoms with Crippen molar-refractivity contribution < 1.29 is 17.6 Å². The van der Waals surface area contributed by atoms with Crippen LogP contribution >= 0.6 is 22.3 Å². The smallest absolute Gasteiger partial charge is 0.293 e. The van der Waals surface area contributed by atoms with Gasteiger partial charge in [0.2, 0.25) is 5.76 Å². The van der Waals surface area contributed by atoms with Gasteiger partial charge < -0.3 is 9.73 Å². The van der Waals surface area contributed by atoms with Gasteiger partial charge >= 0.3 is 0 Å². The lowest BCUT2D eigenvalue weighted by atomic mass is 10.2. The summed E-state index contributed by atoms with van der Waals surface area (Å²) in [5.41, 5.74) is 1.16. The zero-order chi connectivity index (χ0) is 15.8. The fourth-order valence-corrected chi connectivity index (χ4v) is 2.92. The molecule has 2 rings (SSSR count). The van der Waals surface area contributed by atoms with E-state index in [2.05, 4.69) is 10.3 Å². The number of nitrogens with one attached hydrogen (secondary N) is 1. The van der Waals surface area contributed by atoms with Gasteiger partial charge in [-0.3, -0.25) is 4.79 Å². The highest BCUT2D eigenvalue weighted by Crippen LogP contribution is 2.31. The quantitative estimate of drug-likeness (QED) is 0.860. The van der Waals surface area contributed by atoms with Crippen LogP contribution in [-0.2, 0) is 9.05 Å². The Morgan fingerprint density at radius 3 is 2.48 bits per heavy atom. The summed E-state index contributed by atoms with van der Waals surface area (Å²) in [5.74, 6) is -0.476. The number of aromatic nitrogens is 1. The molecule has 0 saturated carbocycles. The van der Waals surface area contributed by atoms with Gasteiger partial charge in [-0.15, -0.1) is 0 Å². The molecule has 9 heteroatoms. The van der Waals surface area contributed by atoms with Gasteiger partial charge in [-0.2, -0.15) is 0 Å². The molecule has 6 nitrogen and oxygen atoms in total. The number of oxazole rings is 1. The van der Waals surface area contributed by atoms with E-state index in [1.807, 2.05) is 0 Å². The lowest BCUT2D eigenvalue weighted by Gasteiger charge is -2.11. The van der Waals surface area contributed by atoms with Gasteiger partial charge in [0.05, 0.1) is 21.3 Å². The minimum absolute atomic E-state index is 0.0551. The van der Waals surface area contributed by atoms with Crippen molar-refractivity contribution in [3.05, 3.63) is 40.6 Å². The molecule has 0 aliphatic rings. The fraction of sp³-hybridized carbons (Fsp3) is 0.167. The average molecular weight is 349 g/mol. The van der Waals surface area contributed by atoms with Crippen LogP contribution in [0.3, 0.4) is 0 Å². The lowest BCUT2D eigenvalue weighted by Crippen LogP contribution is -2.14. The molecule has 21 heavy (non-hydrogen) atoms. The first-order valence-electron chi connectivity index (χ1n) is 5.66. The number of benzene rings is 1. The number of hydrogen-bond acceptors (Lipinski definition) is 5. The fourth-order valence-electron chi connectivity index (χ4n) is 1.70. The Labute approximate surface area is 130 Å². The number of nitrogens with zero attached hydrogens (tertiary/aromatic N) is 1. The summed E-state index contributed by atoms with van der Waals surface area (Å²) in [6.45, 7) is 3.22. The molecule has 0 radical (unpaired) electrons. The van der Waals surface area contributed by atoms with Crippen LogP contribution in [0.15, 0.2) is 27.8 Å². The van der Waals surface area contributed by atoms with Crippen LogP contribution in [0.4, 0.5) is 5.69 Å². The van der Waals surface area contributed by atoms with E-state index in [0.717, 1.165) is 6.39 Å². The highest BCUT2D eigenvalue weighted by Gasteiger charge is 2.19. The summed E-state index contributed by atoms with van der Waals surface area (Å²) in [6.07, 6.45) is 1.15. The zero-order valence-corrected chi connectivity index (χ0v) is 13.3. The van der Waals surface area contributed by atoms with E-state index in [-0.39, 0.29) is 21.4 Å². The Balaban J connectivity index is 2.38. The van der Waals surface area contributed by atoms with Gasteiger partial charge in [-0.05, 0) is 31.5 Å². The third-order valence-electron chi connectivity index (χ3n) is 2.73. The summed E-state index contributed by atoms with van der Waals surface area (Å²) in [5, 5.41) is 2.61. The summed E-state index contributed by atoms with van der Waals surface area (Å²) in [4.78, 5) is 15.7. The molecular formula is C12H10Cl2N2O4S. The molecule has 1 amide bonds. The summed E-state index contributed by atoms with van der Waals surface area (Å²) in [7, 11) is 1.37. The predicted molar refractivity (Wildman–Crippen MR) is 78.4 cm³/mol. The largest absolute Gasteiger partial charge is 0.438 e. The number of halogens is 2. The molecule has 0 aliphatic heterocycles. The molecule has 0 fully saturated rings. The van der Waals surface area contributed by atoms with Gasteiger partial charge in [0.1, 0.15) is 0 Å². The molecule has 0 bridgehead atoms. The van der Waals surface area contributed by atoms with Crippen LogP contribution in [-0.4, -0.2) is 19.3 Å². The van der Waals surface area contributed by atoms with Gasteiger partial charge in [0.25, 0.3) is 15.0 Å². The highest BCUT2D eigenvalue weighted by molar-refractivity contribution is 8.13. The summed E-state index contributed by atoms with van der Waals surface area (Å²) < 4.78 is 27.6. The monoisotopic (exact) mass is 348 g/mol. The molecule has 1 aromatic heterocycles. The van der Waals surface area contributed by atoms with E-state index in [9.17, 15) is 13.2 Å². The van der Waals surface area contributed by atoms with Crippen molar-refractivity contribution in [2.75, 3.05) is 5.32 Å². The number of aryl methyl sites for hydroxylation is 2. The van der Waals surface area contributed by atoms with Crippen LogP contribution < -0.4 is 5.32 Å². The first-order chi connectivity index (χ1) is 9.70. The third kappa shape index (κ3) is 3.37. The van der Waals surface area contributed by atoms with Gasteiger partial charge in [-0.1, -0.05) is 11.6 Å². The Kier molecular flexibility index (Phi) is 4.27. The molecule has 112 valence electrons. The predicted octanol–water partition coefficient (Wildman–Crippen LogP) is 3.12.